The van der Waals surface area contributed by atoms with E-state index < -0.39 is 41.6 Å². The molecule has 1 aliphatic carbocycles. The molecule has 0 aromatic heterocycles. The summed E-state index contributed by atoms with van der Waals surface area (Å²) < 4.78 is 21.0. The molecule has 38 heavy (non-hydrogen) atoms. The molecule has 2 heterocycles. The molecule has 2 saturated heterocycles. The zero-order chi connectivity index (χ0) is 27.4. The van der Waals surface area contributed by atoms with E-state index in [2.05, 4.69) is 0 Å². The molecule has 0 radical (unpaired) electrons. The van der Waals surface area contributed by atoms with Gasteiger partial charge in [0.1, 0.15) is 12.2 Å². The maximum absolute atomic E-state index is 12.4. The minimum atomic E-state index is -1.89. The fraction of sp³-hybridized carbons (Fsp3) is 0.296. The first kappa shape index (κ1) is 26.6. The predicted octanol–water partition coefficient (Wildman–Crippen LogP) is 2.06. The third-order valence-electron chi connectivity index (χ3n) is 6.33. The average Bonchev–Trinajstić information content (AvgIpc) is 2.88. The summed E-state index contributed by atoms with van der Waals surface area (Å²) in [6, 6.07) is 8.52. The van der Waals surface area contributed by atoms with Crippen molar-refractivity contribution in [2.24, 2.45) is 5.92 Å². The molecule has 2 unspecified atom stereocenters. The van der Waals surface area contributed by atoms with Crippen LogP contribution in [0.1, 0.15) is 24.0 Å². The molecule has 2 aromatic rings. The van der Waals surface area contributed by atoms with Crippen molar-refractivity contribution in [3.8, 4) is 23.0 Å². The minimum Gasteiger partial charge on any atom is -0.504 e. The SMILES string of the molecule is COc1cc(/C=C/C(=O)OCC2C[C@@]3(O)CC(OC(=O)/C=C/c4ccc(O)c(O)c4)[C@H]2OC3=O)ccc1O. The summed E-state index contributed by atoms with van der Waals surface area (Å²) in [6.45, 7) is -0.195. The molecule has 200 valence electrons. The molecule has 0 spiro atoms. The molecular formula is C27H26O11. The van der Waals surface area contributed by atoms with Gasteiger partial charge in [-0.3, -0.25) is 0 Å². The summed E-state index contributed by atoms with van der Waals surface area (Å²) in [5, 5.41) is 39.4. The van der Waals surface area contributed by atoms with Crippen LogP contribution in [0.2, 0.25) is 0 Å². The van der Waals surface area contributed by atoms with Gasteiger partial charge in [-0.2, -0.15) is 0 Å². The second kappa shape index (κ2) is 10.9. The fourth-order valence-corrected chi connectivity index (χ4v) is 4.42. The predicted molar refractivity (Wildman–Crippen MR) is 131 cm³/mol. The number of rotatable bonds is 8. The summed E-state index contributed by atoms with van der Waals surface area (Å²) in [4.78, 5) is 36.8. The van der Waals surface area contributed by atoms with Crippen molar-refractivity contribution in [3.05, 3.63) is 59.7 Å². The zero-order valence-corrected chi connectivity index (χ0v) is 20.3. The topological polar surface area (TPSA) is 169 Å². The number of carbonyl (C=O) groups is 3. The third-order valence-corrected chi connectivity index (χ3v) is 6.33. The molecule has 1 saturated carbocycles. The smallest absolute Gasteiger partial charge is 0.338 e. The van der Waals surface area contributed by atoms with Crippen molar-refractivity contribution in [2.75, 3.05) is 13.7 Å². The number of aliphatic hydroxyl groups is 1. The van der Waals surface area contributed by atoms with E-state index in [-0.39, 0.29) is 42.4 Å². The van der Waals surface area contributed by atoms with E-state index in [1.165, 1.54) is 55.7 Å². The quantitative estimate of drug-likeness (QED) is 0.172. The Morgan fingerprint density at radius 3 is 2.29 bits per heavy atom. The summed E-state index contributed by atoms with van der Waals surface area (Å²) in [7, 11) is 1.40. The molecular weight excluding hydrogens is 500 g/mol. The number of phenolic OH excluding ortho intramolecular Hbond substituents is 3. The monoisotopic (exact) mass is 526 g/mol. The van der Waals surface area contributed by atoms with E-state index in [0.29, 0.717) is 11.1 Å². The Hall–Kier alpha value is -4.51. The van der Waals surface area contributed by atoms with Crippen LogP contribution in [0.15, 0.2) is 48.6 Å². The van der Waals surface area contributed by atoms with Gasteiger partial charge in [-0.1, -0.05) is 12.1 Å². The first-order valence-corrected chi connectivity index (χ1v) is 11.6. The minimum absolute atomic E-state index is 0.0284. The van der Waals surface area contributed by atoms with Gasteiger partial charge in [-0.05, 0) is 54.0 Å². The molecule has 4 N–H and O–H groups in total. The highest BCUT2D eigenvalue weighted by Crippen LogP contribution is 2.42. The lowest BCUT2D eigenvalue weighted by atomic mass is 9.72. The molecule has 2 bridgehead atoms. The van der Waals surface area contributed by atoms with Crippen molar-refractivity contribution < 1.29 is 53.8 Å². The lowest BCUT2D eigenvalue weighted by Gasteiger charge is -2.48. The van der Waals surface area contributed by atoms with Gasteiger partial charge >= 0.3 is 17.9 Å². The number of carbonyl (C=O) groups excluding carboxylic acids is 3. The van der Waals surface area contributed by atoms with Crippen molar-refractivity contribution >= 4 is 30.1 Å². The summed E-state index contributed by atoms with van der Waals surface area (Å²) in [5.74, 6) is -3.37. The van der Waals surface area contributed by atoms with E-state index in [4.69, 9.17) is 18.9 Å². The average molecular weight is 526 g/mol. The Balaban J connectivity index is 1.37. The van der Waals surface area contributed by atoms with Crippen LogP contribution in [0.3, 0.4) is 0 Å². The number of aromatic hydroxyl groups is 3. The van der Waals surface area contributed by atoms with Gasteiger partial charge in [0, 0.05) is 24.5 Å². The lowest BCUT2D eigenvalue weighted by Crippen LogP contribution is -2.64. The number of methoxy groups -OCH3 is 1. The highest BCUT2D eigenvalue weighted by atomic mass is 16.6. The largest absolute Gasteiger partial charge is 0.504 e. The summed E-state index contributed by atoms with van der Waals surface area (Å²) in [5.41, 5.74) is -0.878. The summed E-state index contributed by atoms with van der Waals surface area (Å²) >= 11 is 0. The number of phenols is 3. The van der Waals surface area contributed by atoms with Crippen LogP contribution in [-0.4, -0.2) is 69.9 Å². The van der Waals surface area contributed by atoms with Gasteiger partial charge in [0.15, 0.2) is 28.6 Å². The second-order valence-electron chi connectivity index (χ2n) is 9.02. The van der Waals surface area contributed by atoms with E-state index in [0.717, 1.165) is 6.08 Å². The van der Waals surface area contributed by atoms with Crippen LogP contribution < -0.4 is 4.74 Å². The maximum atomic E-state index is 12.4. The number of hydrogen-bond acceptors (Lipinski definition) is 11. The molecule has 11 heteroatoms. The van der Waals surface area contributed by atoms with E-state index >= 15 is 0 Å². The molecule has 2 aromatic carbocycles. The van der Waals surface area contributed by atoms with Crippen LogP contribution >= 0.6 is 0 Å². The third kappa shape index (κ3) is 5.89. The molecule has 3 fully saturated rings. The number of esters is 3. The van der Waals surface area contributed by atoms with Gasteiger partial charge in [-0.15, -0.1) is 0 Å². The normalized spacial score (nSPS) is 24.4. The second-order valence-corrected chi connectivity index (χ2v) is 9.02. The molecule has 4 atom stereocenters. The van der Waals surface area contributed by atoms with Crippen LogP contribution in [0.4, 0.5) is 0 Å². The molecule has 11 nitrogen and oxygen atoms in total. The van der Waals surface area contributed by atoms with Gasteiger partial charge in [0.2, 0.25) is 0 Å². The van der Waals surface area contributed by atoms with Crippen molar-refractivity contribution in [1.82, 2.24) is 0 Å². The van der Waals surface area contributed by atoms with Crippen LogP contribution in [0.25, 0.3) is 12.2 Å². The Morgan fingerprint density at radius 2 is 1.63 bits per heavy atom. The lowest BCUT2D eigenvalue weighted by molar-refractivity contribution is -0.237. The zero-order valence-electron chi connectivity index (χ0n) is 20.3. The van der Waals surface area contributed by atoms with Crippen LogP contribution in [0.5, 0.6) is 23.0 Å². The van der Waals surface area contributed by atoms with E-state index in [1.54, 1.807) is 6.07 Å². The Labute approximate surface area is 217 Å². The number of ether oxygens (including phenoxy) is 4. The summed E-state index contributed by atoms with van der Waals surface area (Å²) in [6.07, 6.45) is 3.01. The van der Waals surface area contributed by atoms with Crippen LogP contribution in [0, 0.1) is 5.92 Å². The highest BCUT2D eigenvalue weighted by Gasteiger charge is 2.59. The first-order valence-electron chi connectivity index (χ1n) is 11.6. The van der Waals surface area contributed by atoms with Crippen molar-refractivity contribution in [2.45, 2.75) is 30.7 Å². The number of hydrogen-bond donors (Lipinski definition) is 4. The highest BCUT2D eigenvalue weighted by molar-refractivity contribution is 5.88. The molecule has 3 aliphatic rings. The van der Waals surface area contributed by atoms with Gasteiger partial charge in [-0.25, -0.2) is 14.4 Å². The van der Waals surface area contributed by atoms with E-state index in [1.807, 2.05) is 0 Å². The Morgan fingerprint density at radius 1 is 0.974 bits per heavy atom. The van der Waals surface area contributed by atoms with Gasteiger partial charge in [0.05, 0.1) is 13.7 Å². The fourth-order valence-electron chi connectivity index (χ4n) is 4.42. The molecule has 2 aliphatic heterocycles. The van der Waals surface area contributed by atoms with Crippen molar-refractivity contribution in [1.29, 1.82) is 0 Å². The standard InChI is InChI=1S/C27H26O11/c1-35-21-11-16(3-7-19(21)29)4-8-23(31)36-14-17-12-27(34)13-22(25(17)38-26(27)33)37-24(32)9-5-15-2-6-18(28)20(30)10-15/h2-11,17,22,25,28-30,34H,12-14H2,1H3/b8-4+,9-5+/t17?,22?,25-,27+/m0/s1. The molecule has 5 rings (SSSR count). The van der Waals surface area contributed by atoms with Crippen molar-refractivity contribution in [3.63, 3.8) is 0 Å². The Kier molecular flexibility index (Phi) is 7.58. The van der Waals surface area contributed by atoms with Gasteiger partial charge < -0.3 is 39.4 Å². The first-order chi connectivity index (χ1) is 18.1. The van der Waals surface area contributed by atoms with Crippen LogP contribution in [-0.2, 0) is 28.6 Å². The number of benzene rings is 2. The number of fused-ring (bicyclic) bond motifs is 3. The maximum Gasteiger partial charge on any atom is 0.338 e. The van der Waals surface area contributed by atoms with Gasteiger partial charge in [0.25, 0.3) is 0 Å². The Bertz CT molecular complexity index is 1300. The van der Waals surface area contributed by atoms with E-state index in [9.17, 15) is 34.8 Å². The molecule has 0 amide bonds.